The number of ether oxygens (including phenoxy) is 1. The molecule has 1 aliphatic rings. The largest absolute Gasteiger partial charge is 0.388 e. The van der Waals surface area contributed by atoms with Crippen molar-refractivity contribution in [1.29, 1.82) is 0 Å². The lowest BCUT2D eigenvalue weighted by atomic mass is 9.89. The third kappa shape index (κ3) is 3.62. The van der Waals surface area contributed by atoms with Crippen LogP contribution >= 0.6 is 11.3 Å². The molecule has 5 nitrogen and oxygen atoms in total. The highest BCUT2D eigenvalue weighted by atomic mass is 32.1. The number of aromatic nitrogens is 1. The summed E-state index contributed by atoms with van der Waals surface area (Å²) < 4.78 is 5.31. The van der Waals surface area contributed by atoms with Crippen molar-refractivity contribution in [2.45, 2.75) is 57.8 Å². The average Bonchev–Trinajstić information content (AvgIpc) is 2.76. The van der Waals surface area contributed by atoms with Gasteiger partial charge >= 0.3 is 0 Å². The minimum atomic E-state index is -0.609. The van der Waals surface area contributed by atoms with Crippen molar-refractivity contribution >= 4 is 17.2 Å². The number of aryl methyl sites for hydroxylation is 2. The Kier molecular flexibility index (Phi) is 5.35. The summed E-state index contributed by atoms with van der Waals surface area (Å²) >= 11 is 1.57. The number of hydrogen-bond donors (Lipinski definition) is 1. The number of amides is 1. The fourth-order valence-electron chi connectivity index (χ4n) is 2.98. The average molecular weight is 312 g/mol. The number of thiazole rings is 1. The van der Waals surface area contributed by atoms with Gasteiger partial charge in [-0.2, -0.15) is 0 Å². The van der Waals surface area contributed by atoms with Crippen LogP contribution in [0.3, 0.4) is 0 Å². The molecule has 0 bridgehead atoms. The van der Waals surface area contributed by atoms with E-state index in [9.17, 15) is 9.90 Å². The molecule has 21 heavy (non-hydrogen) atoms. The Morgan fingerprint density at radius 1 is 1.48 bits per heavy atom. The van der Waals surface area contributed by atoms with Crippen LogP contribution in [0.1, 0.15) is 34.8 Å². The van der Waals surface area contributed by atoms with Gasteiger partial charge in [0.2, 0.25) is 5.91 Å². The normalized spacial score (nSPS) is 25.9. The van der Waals surface area contributed by atoms with Crippen LogP contribution in [0.25, 0.3) is 0 Å². The zero-order chi connectivity index (χ0) is 15.6. The van der Waals surface area contributed by atoms with Crippen molar-refractivity contribution in [3.63, 3.8) is 0 Å². The first-order chi connectivity index (χ1) is 9.93. The molecule has 2 rings (SSSR count). The van der Waals surface area contributed by atoms with Crippen LogP contribution in [0.5, 0.6) is 0 Å². The molecular formula is C15H24N2O3S. The molecule has 3 atom stereocenters. The second kappa shape index (κ2) is 6.85. The number of nitrogens with zero attached hydrogens (tertiary/aromatic N) is 2. The monoisotopic (exact) mass is 312 g/mol. The first kappa shape index (κ1) is 16.4. The third-order valence-electron chi connectivity index (χ3n) is 4.27. The number of carbonyl (C=O) groups is 1. The molecule has 118 valence electrons. The zero-order valence-corrected chi connectivity index (χ0v) is 13.9. The van der Waals surface area contributed by atoms with Gasteiger partial charge in [-0.25, -0.2) is 4.98 Å². The fraction of sp³-hybridized carbons (Fsp3) is 0.733. The van der Waals surface area contributed by atoms with Gasteiger partial charge in [0.15, 0.2) is 0 Å². The van der Waals surface area contributed by atoms with E-state index in [0.717, 1.165) is 34.8 Å². The fourth-order valence-corrected chi connectivity index (χ4v) is 3.91. The molecule has 1 heterocycles. The lowest BCUT2D eigenvalue weighted by Gasteiger charge is -2.39. The first-order valence-electron chi connectivity index (χ1n) is 7.33. The highest BCUT2D eigenvalue weighted by Crippen LogP contribution is 2.26. The van der Waals surface area contributed by atoms with Crippen LogP contribution in [-0.4, -0.2) is 53.3 Å². The zero-order valence-electron chi connectivity index (χ0n) is 13.1. The molecule has 0 spiro atoms. The summed E-state index contributed by atoms with van der Waals surface area (Å²) in [6.07, 6.45) is 2.21. The van der Waals surface area contributed by atoms with Crippen LogP contribution < -0.4 is 0 Å². The quantitative estimate of drug-likeness (QED) is 0.919. The third-order valence-corrected chi connectivity index (χ3v) is 5.34. The molecule has 1 aliphatic carbocycles. The molecule has 1 saturated carbocycles. The molecule has 1 aromatic rings. The Balaban J connectivity index is 2.03. The second-order valence-corrected chi connectivity index (χ2v) is 6.97. The number of methoxy groups -OCH3 is 1. The Morgan fingerprint density at radius 3 is 2.76 bits per heavy atom. The molecule has 0 radical (unpaired) electrons. The highest BCUT2D eigenvalue weighted by Gasteiger charge is 2.36. The van der Waals surface area contributed by atoms with Gasteiger partial charge in [0.05, 0.1) is 29.3 Å². The maximum atomic E-state index is 12.5. The van der Waals surface area contributed by atoms with Gasteiger partial charge in [-0.15, -0.1) is 11.3 Å². The van der Waals surface area contributed by atoms with Gasteiger partial charge in [0.1, 0.15) is 6.10 Å². The minimum Gasteiger partial charge on any atom is -0.388 e. The predicted octanol–water partition coefficient (Wildman–Crippen LogP) is 1.69. The molecule has 0 saturated heterocycles. The van der Waals surface area contributed by atoms with Gasteiger partial charge in [-0.3, -0.25) is 4.79 Å². The van der Waals surface area contributed by atoms with Crippen molar-refractivity contribution in [2.75, 3.05) is 14.2 Å². The van der Waals surface area contributed by atoms with E-state index in [-0.39, 0.29) is 18.1 Å². The van der Waals surface area contributed by atoms with Gasteiger partial charge in [0.25, 0.3) is 0 Å². The summed E-state index contributed by atoms with van der Waals surface area (Å²) in [5, 5.41) is 11.3. The number of likely N-dealkylation sites (N-methyl/N-ethyl adjacent to an activating group) is 1. The number of carbonyl (C=O) groups excluding carboxylic acids is 1. The Morgan fingerprint density at radius 2 is 2.19 bits per heavy atom. The number of rotatable bonds is 4. The molecule has 0 aromatic carbocycles. The number of aliphatic hydroxyl groups excluding tert-OH is 1. The van der Waals surface area contributed by atoms with Gasteiger partial charge in [-0.05, 0) is 33.1 Å². The van der Waals surface area contributed by atoms with Crippen molar-refractivity contribution < 1.29 is 14.6 Å². The van der Waals surface area contributed by atoms with Crippen molar-refractivity contribution in [1.82, 2.24) is 9.88 Å². The van der Waals surface area contributed by atoms with E-state index >= 15 is 0 Å². The number of aliphatic hydroxyl groups is 1. The summed E-state index contributed by atoms with van der Waals surface area (Å²) in [6.45, 7) is 3.88. The maximum absolute atomic E-state index is 12.5. The second-order valence-electron chi connectivity index (χ2n) is 5.69. The van der Waals surface area contributed by atoms with E-state index in [1.807, 2.05) is 13.8 Å². The van der Waals surface area contributed by atoms with Gasteiger partial charge in [-0.1, -0.05) is 0 Å². The molecular weight excluding hydrogens is 288 g/mol. The number of hydrogen-bond acceptors (Lipinski definition) is 5. The summed E-state index contributed by atoms with van der Waals surface area (Å²) in [4.78, 5) is 19.5. The molecule has 6 heteroatoms. The minimum absolute atomic E-state index is 0.0301. The lowest BCUT2D eigenvalue weighted by molar-refractivity contribution is -0.139. The molecule has 1 amide bonds. The Bertz CT molecular complexity index is 503. The van der Waals surface area contributed by atoms with Gasteiger partial charge in [0, 0.05) is 19.0 Å². The summed E-state index contributed by atoms with van der Waals surface area (Å²) in [5.41, 5.74) is 0.929. The predicted molar refractivity (Wildman–Crippen MR) is 82.5 cm³/mol. The standard InChI is InChI=1S/C15H24N2O3S/c1-9-13(21-10(2)16-9)8-14(18)17(3)11-6-5-7-12(20-4)15(11)19/h11-12,15,19H,5-8H2,1-4H3/t11-,12-,15-/m1/s1. The van der Waals surface area contributed by atoms with Crippen LogP contribution in [-0.2, 0) is 16.0 Å². The smallest absolute Gasteiger partial charge is 0.227 e. The summed E-state index contributed by atoms with van der Waals surface area (Å²) in [7, 11) is 3.39. The lowest BCUT2D eigenvalue weighted by Crippen LogP contribution is -2.52. The topological polar surface area (TPSA) is 62.7 Å². The summed E-state index contributed by atoms with van der Waals surface area (Å²) in [6, 6.07) is -0.162. The van der Waals surface area contributed by atoms with E-state index < -0.39 is 6.10 Å². The first-order valence-corrected chi connectivity index (χ1v) is 8.15. The van der Waals surface area contributed by atoms with Crippen molar-refractivity contribution in [3.05, 3.63) is 15.6 Å². The van der Waals surface area contributed by atoms with E-state index in [1.54, 1.807) is 30.4 Å². The SMILES string of the molecule is CO[C@@H]1CCC[C@@H](N(C)C(=O)Cc2sc(C)nc2C)[C@H]1O. The Labute approximate surface area is 129 Å². The van der Waals surface area contributed by atoms with Crippen LogP contribution in [0.4, 0.5) is 0 Å². The highest BCUT2D eigenvalue weighted by molar-refractivity contribution is 7.11. The van der Waals surface area contributed by atoms with Crippen LogP contribution in [0.15, 0.2) is 0 Å². The Hall–Kier alpha value is -0.980. The van der Waals surface area contributed by atoms with Crippen LogP contribution in [0, 0.1) is 13.8 Å². The van der Waals surface area contributed by atoms with E-state index in [2.05, 4.69) is 4.98 Å². The van der Waals surface area contributed by atoms with E-state index in [1.165, 1.54) is 0 Å². The van der Waals surface area contributed by atoms with Gasteiger partial charge < -0.3 is 14.7 Å². The molecule has 1 aromatic heterocycles. The van der Waals surface area contributed by atoms with Crippen molar-refractivity contribution in [2.24, 2.45) is 0 Å². The molecule has 0 aliphatic heterocycles. The maximum Gasteiger partial charge on any atom is 0.227 e. The summed E-state index contributed by atoms with van der Waals surface area (Å²) in [5.74, 6) is 0.0301. The van der Waals surface area contributed by atoms with Crippen molar-refractivity contribution in [3.8, 4) is 0 Å². The molecule has 0 unspecified atom stereocenters. The van der Waals surface area contributed by atoms with E-state index in [4.69, 9.17) is 4.74 Å². The van der Waals surface area contributed by atoms with E-state index in [0.29, 0.717) is 6.42 Å². The van der Waals surface area contributed by atoms with Crippen LogP contribution in [0.2, 0.25) is 0 Å². The molecule has 1 N–H and O–H groups in total. The molecule has 1 fully saturated rings.